The number of rotatable bonds is 26. The molecule has 1 aliphatic carbocycles. The first-order valence-electron chi connectivity index (χ1n) is 25.4. The zero-order valence-electron chi connectivity index (χ0n) is 42.6. The lowest BCUT2D eigenvalue weighted by Gasteiger charge is -2.39. The lowest BCUT2D eigenvalue weighted by molar-refractivity contribution is -0.124. The fourth-order valence-electron chi connectivity index (χ4n) is 9.64. The molecule has 22 heteroatoms. The van der Waals surface area contributed by atoms with Crippen molar-refractivity contribution < 1.29 is 53.2 Å². The number of anilines is 2. The molecule has 2 heterocycles. The number of carbonyl (C=O) groups excluding carboxylic acids is 3. The van der Waals surface area contributed by atoms with Gasteiger partial charge in [-0.3, -0.25) is 19.3 Å². The summed E-state index contributed by atoms with van der Waals surface area (Å²) < 4.78 is 125. The van der Waals surface area contributed by atoms with Crippen molar-refractivity contribution in [1.29, 1.82) is 0 Å². The van der Waals surface area contributed by atoms with Gasteiger partial charge in [0.2, 0.25) is 11.8 Å². The molecule has 2 fully saturated rings. The first kappa shape index (κ1) is 59.2. The maximum atomic E-state index is 14.3. The lowest BCUT2D eigenvalue weighted by Crippen LogP contribution is -2.47. The maximum absolute atomic E-state index is 14.3. The highest BCUT2D eigenvalue weighted by Crippen LogP contribution is 2.42. The van der Waals surface area contributed by atoms with Crippen LogP contribution in [0.25, 0.3) is 0 Å². The van der Waals surface area contributed by atoms with Crippen LogP contribution in [0.15, 0.2) is 111 Å². The summed E-state index contributed by atoms with van der Waals surface area (Å²) in [5, 5.41) is 5.91. The summed E-state index contributed by atoms with van der Waals surface area (Å²) in [6, 6.07) is 17.0. The second-order valence-electron chi connectivity index (χ2n) is 20.5. The van der Waals surface area contributed by atoms with Crippen molar-refractivity contribution in [3.8, 4) is 0 Å². The molecule has 0 spiro atoms. The lowest BCUT2D eigenvalue weighted by atomic mass is 9.73. The van der Waals surface area contributed by atoms with Crippen molar-refractivity contribution in [2.75, 3.05) is 74.9 Å². The maximum Gasteiger partial charge on any atom is 0.501 e. The molecule has 0 bridgehead atoms. The van der Waals surface area contributed by atoms with Crippen LogP contribution in [0.3, 0.4) is 0 Å². The molecule has 0 aromatic heterocycles. The van der Waals surface area contributed by atoms with E-state index in [2.05, 4.69) is 45.8 Å². The third kappa shape index (κ3) is 17.2. The fourth-order valence-corrected chi connectivity index (χ4v) is 12.7. The van der Waals surface area contributed by atoms with Gasteiger partial charge in [0.15, 0.2) is 0 Å². The van der Waals surface area contributed by atoms with Crippen molar-refractivity contribution in [3.63, 3.8) is 0 Å². The Morgan fingerprint density at radius 2 is 1.59 bits per heavy atom. The Kier molecular flexibility index (Phi) is 20.8. The summed E-state index contributed by atoms with van der Waals surface area (Å²) in [5.74, 6) is -1.56. The largest absolute Gasteiger partial charge is 0.501 e. The zero-order chi connectivity index (χ0) is 54.6. The summed E-state index contributed by atoms with van der Waals surface area (Å²) in [5.41, 5.74) is 2.20. The molecule has 2 saturated heterocycles. The average Bonchev–Trinajstić information content (AvgIpc) is 3.85. The number of likely N-dealkylation sites (tertiary alicyclic amines) is 1. The van der Waals surface area contributed by atoms with E-state index in [1.54, 1.807) is 12.1 Å². The number of nitrogens with one attached hydrogen (secondary N) is 3. The van der Waals surface area contributed by atoms with E-state index in [-0.39, 0.29) is 52.9 Å². The molecule has 5 N–H and O–H groups in total. The van der Waals surface area contributed by atoms with Gasteiger partial charge in [-0.15, -0.1) is 11.8 Å². The minimum absolute atomic E-state index is 0.0489. The molecule has 2 aliphatic heterocycles. The Balaban J connectivity index is 1.09. The Morgan fingerprint density at radius 1 is 0.880 bits per heavy atom. The number of nitrogens with zero attached hydrogens (tertiary/aromatic N) is 3. The van der Waals surface area contributed by atoms with Gasteiger partial charge in [-0.1, -0.05) is 56.2 Å². The van der Waals surface area contributed by atoms with E-state index in [0.717, 1.165) is 68.0 Å². The summed E-state index contributed by atoms with van der Waals surface area (Å²) in [4.78, 5) is 42.5. The molecule has 6 rings (SSSR count). The molecule has 0 unspecified atom stereocenters. The SMILES string of the molecule is C=C(CCC1=C(CN2CCN(c3ccc(C(=O)NS(=O)(=O)c4ccc(N[C@H](CCN5CC[C@H](C(=O)NCCCCCC(N)=O)C5)CSc5ccccc5)c(S(=O)(=O)C(F)(F)F)c4)cc3)CC2)CCC(C)(C)C1)C(F)F. The third-order valence-electron chi connectivity index (χ3n) is 14.1. The van der Waals surface area contributed by atoms with E-state index >= 15 is 0 Å². The number of sulfonamides is 1. The second kappa shape index (κ2) is 26.3. The van der Waals surface area contributed by atoms with Gasteiger partial charge in [-0.05, 0) is 130 Å². The van der Waals surface area contributed by atoms with Crippen molar-refractivity contribution in [3.05, 3.63) is 102 Å². The third-order valence-corrected chi connectivity index (χ3v) is 18.1. The average molecular weight is 1110 g/mol. The van der Waals surface area contributed by atoms with Crippen molar-refractivity contribution in [2.45, 2.75) is 117 Å². The number of primary amides is 1. The number of hydrogen-bond donors (Lipinski definition) is 4. The molecule has 0 saturated carbocycles. The van der Waals surface area contributed by atoms with E-state index in [9.17, 15) is 53.2 Å². The van der Waals surface area contributed by atoms with Crippen LogP contribution in [0.2, 0.25) is 0 Å². The summed E-state index contributed by atoms with van der Waals surface area (Å²) in [7, 11) is -11.1. The highest BCUT2D eigenvalue weighted by Gasteiger charge is 2.48. The molecule has 75 heavy (non-hydrogen) atoms. The smallest absolute Gasteiger partial charge is 0.380 e. The predicted octanol–water partition coefficient (Wildman–Crippen LogP) is 8.78. The monoisotopic (exact) mass is 1110 g/mol. The van der Waals surface area contributed by atoms with E-state index in [1.165, 1.54) is 35.0 Å². The Labute approximate surface area is 442 Å². The highest BCUT2D eigenvalue weighted by molar-refractivity contribution is 7.99. The minimum atomic E-state index is -6.15. The number of allylic oxidation sites excluding steroid dienone is 2. The molecule has 3 amide bonds. The van der Waals surface area contributed by atoms with Gasteiger partial charge in [0.05, 0.1) is 16.5 Å². The number of nitrogens with two attached hydrogens (primary N) is 1. The molecule has 3 aromatic carbocycles. The first-order chi connectivity index (χ1) is 35.4. The van der Waals surface area contributed by atoms with Crippen LogP contribution in [-0.4, -0.2) is 127 Å². The number of alkyl halides is 5. The van der Waals surface area contributed by atoms with E-state index in [1.807, 2.05) is 35.1 Å². The Morgan fingerprint density at radius 3 is 2.25 bits per heavy atom. The van der Waals surface area contributed by atoms with Crippen molar-refractivity contribution in [1.82, 2.24) is 19.8 Å². The first-order valence-corrected chi connectivity index (χ1v) is 29.3. The number of amides is 3. The van der Waals surface area contributed by atoms with Crippen LogP contribution in [0, 0.1) is 11.3 Å². The number of carbonyl (C=O) groups is 3. The van der Waals surface area contributed by atoms with Gasteiger partial charge in [-0.2, -0.15) is 13.2 Å². The quantitative estimate of drug-likeness (QED) is 0.0259. The number of sulfone groups is 1. The number of piperazine rings is 1. The van der Waals surface area contributed by atoms with Crippen molar-refractivity contribution >= 4 is 60.7 Å². The molecule has 3 aromatic rings. The summed E-state index contributed by atoms with van der Waals surface area (Å²) in [6.45, 7) is 13.4. The Hall–Kier alpha value is -5.03. The van der Waals surface area contributed by atoms with Gasteiger partial charge < -0.3 is 26.2 Å². The topological polar surface area (TPSA) is 191 Å². The molecule has 0 radical (unpaired) electrons. The normalized spacial score (nSPS) is 18.2. The van der Waals surface area contributed by atoms with Crippen molar-refractivity contribution in [2.24, 2.45) is 17.1 Å². The molecule has 14 nitrogen and oxygen atoms in total. The molecule has 2 atom stereocenters. The predicted molar refractivity (Wildman–Crippen MR) is 283 cm³/mol. The Bertz CT molecular complexity index is 2720. The number of benzene rings is 3. The molecular weight excluding hydrogens is 1040 g/mol. The van der Waals surface area contributed by atoms with E-state index in [0.29, 0.717) is 77.4 Å². The van der Waals surface area contributed by atoms with Gasteiger partial charge in [0.1, 0.15) is 4.90 Å². The van der Waals surface area contributed by atoms with Crippen LogP contribution in [0.4, 0.5) is 33.3 Å². The summed E-state index contributed by atoms with van der Waals surface area (Å²) in [6.07, 6.45) is 4.34. The number of halogens is 5. The standard InChI is InChI=1S/C53H70F5N7O7S3/c1-37(49(54)55)13-14-39-33-52(2,3)24-21-40(39)34-64-28-30-65(31-29-64)43-17-15-38(16-18-43)51(68)62-75(71,72)45-19-20-46(47(32-45)74(69,70)53(56,57)58)61-42(36-73-44-10-6-4-7-11-44)23-27-63-26-22-41(35-63)50(67)60-25-9-5-8-12-48(59)66/h4,6-7,10-11,15-20,32,41-42,49,61H,1,5,8-9,12-14,21-31,33-36H2,2-3H3,(H2,59,66)(H,60,67)(H,62,68)/t41-,42+/m0/s1. The van der Waals surface area contributed by atoms with Gasteiger partial charge in [0, 0.05) is 86.7 Å². The minimum Gasteiger partial charge on any atom is -0.380 e. The van der Waals surface area contributed by atoms with Crippen LogP contribution in [-0.2, 0) is 29.4 Å². The van der Waals surface area contributed by atoms with Gasteiger partial charge in [-0.25, -0.2) is 30.3 Å². The van der Waals surface area contributed by atoms with E-state index < -0.39 is 59.2 Å². The molecular formula is C53H70F5N7O7S3. The number of unbranched alkanes of at least 4 members (excludes halogenated alkanes) is 2. The molecule has 3 aliphatic rings. The van der Waals surface area contributed by atoms with Crippen LogP contribution >= 0.6 is 11.8 Å². The fraction of sp³-hybridized carbons (Fsp3) is 0.528. The number of thioether (sulfide) groups is 1. The molecule has 412 valence electrons. The van der Waals surface area contributed by atoms with Gasteiger partial charge >= 0.3 is 5.51 Å². The van der Waals surface area contributed by atoms with E-state index in [4.69, 9.17) is 5.73 Å². The van der Waals surface area contributed by atoms with Crippen LogP contribution in [0.5, 0.6) is 0 Å². The zero-order valence-corrected chi connectivity index (χ0v) is 45.1. The van der Waals surface area contributed by atoms with Gasteiger partial charge in [0.25, 0.3) is 32.2 Å². The number of hydrogen-bond acceptors (Lipinski definition) is 12. The van der Waals surface area contributed by atoms with Crippen LogP contribution < -0.4 is 26.0 Å². The summed E-state index contributed by atoms with van der Waals surface area (Å²) >= 11 is 1.39. The highest BCUT2D eigenvalue weighted by atomic mass is 32.2. The second-order valence-corrected chi connectivity index (χ2v) is 25.2. The van der Waals surface area contributed by atoms with Crippen LogP contribution in [0.1, 0.15) is 94.8 Å².